The molecule has 1 aliphatic rings. The molecule has 2 aromatic carbocycles. The molecule has 0 atom stereocenters. The predicted octanol–water partition coefficient (Wildman–Crippen LogP) is 5.87. The predicted molar refractivity (Wildman–Crippen MR) is 166 cm³/mol. The van der Waals surface area contributed by atoms with Gasteiger partial charge in [-0.1, -0.05) is 13.8 Å². The Morgan fingerprint density at radius 3 is 2.39 bits per heavy atom. The van der Waals surface area contributed by atoms with Gasteiger partial charge in [0.15, 0.2) is 0 Å². The highest BCUT2D eigenvalue weighted by atomic mass is 16.5. The standard InChI is InChI=1S/C32H44N6O3/c1-10-41-28-17-22(4)26(18-25(28)21(2)3)33-29-19-27(30(39)36(7)8)34-31(35-29)37-15-16-38(32(5,6)20-37)23-11-13-24(40-9)14-12-23/h11-14,17-19,21H,10,15-16,20H2,1-9H3,(H,33,34,35). The number of ether oxygens (including phenoxy) is 2. The molecule has 0 aliphatic carbocycles. The molecule has 1 fully saturated rings. The Hall–Kier alpha value is -4.01. The molecule has 1 aliphatic heterocycles. The van der Waals surface area contributed by atoms with Gasteiger partial charge < -0.3 is 29.5 Å². The molecular formula is C32H44N6O3. The number of methoxy groups -OCH3 is 1. The van der Waals surface area contributed by atoms with E-state index in [-0.39, 0.29) is 17.4 Å². The van der Waals surface area contributed by atoms with Crippen molar-refractivity contribution in [3.63, 3.8) is 0 Å². The maximum Gasteiger partial charge on any atom is 0.272 e. The summed E-state index contributed by atoms with van der Waals surface area (Å²) in [5, 5.41) is 3.49. The number of carbonyl (C=O) groups is 1. The first-order valence-electron chi connectivity index (χ1n) is 14.2. The smallest absolute Gasteiger partial charge is 0.272 e. The molecule has 0 saturated carbocycles. The minimum atomic E-state index is -0.205. The van der Waals surface area contributed by atoms with E-state index < -0.39 is 0 Å². The molecule has 0 unspecified atom stereocenters. The minimum absolute atomic E-state index is 0.167. The molecule has 2 heterocycles. The Balaban J connectivity index is 1.67. The van der Waals surface area contributed by atoms with Crippen LogP contribution in [-0.2, 0) is 0 Å². The average molecular weight is 561 g/mol. The van der Waals surface area contributed by atoms with Gasteiger partial charge in [0.05, 0.1) is 19.3 Å². The summed E-state index contributed by atoms with van der Waals surface area (Å²) in [4.78, 5) is 28.9. The summed E-state index contributed by atoms with van der Waals surface area (Å²) in [5.74, 6) is 2.97. The van der Waals surface area contributed by atoms with Crippen LogP contribution in [0.15, 0.2) is 42.5 Å². The van der Waals surface area contributed by atoms with Crippen LogP contribution in [0.2, 0.25) is 0 Å². The van der Waals surface area contributed by atoms with Crippen LogP contribution < -0.4 is 24.6 Å². The van der Waals surface area contributed by atoms with Crippen LogP contribution in [-0.4, -0.2) is 73.8 Å². The lowest BCUT2D eigenvalue weighted by molar-refractivity contribution is 0.0822. The van der Waals surface area contributed by atoms with E-state index in [1.165, 1.54) is 0 Å². The molecule has 0 spiro atoms. The first kappa shape index (κ1) is 30.0. The molecule has 0 radical (unpaired) electrons. The van der Waals surface area contributed by atoms with Crippen molar-refractivity contribution in [2.75, 3.05) is 62.6 Å². The van der Waals surface area contributed by atoms with E-state index in [1.807, 2.05) is 26.0 Å². The second kappa shape index (κ2) is 12.2. The summed E-state index contributed by atoms with van der Waals surface area (Å²) >= 11 is 0. The maximum absolute atomic E-state index is 13.1. The number of aryl methyl sites for hydroxylation is 1. The Morgan fingerprint density at radius 1 is 1.10 bits per heavy atom. The van der Waals surface area contributed by atoms with E-state index in [9.17, 15) is 4.79 Å². The molecule has 1 saturated heterocycles. The van der Waals surface area contributed by atoms with Crippen molar-refractivity contribution in [2.45, 2.75) is 53.0 Å². The van der Waals surface area contributed by atoms with Gasteiger partial charge in [-0.15, -0.1) is 0 Å². The van der Waals surface area contributed by atoms with E-state index >= 15 is 0 Å². The van der Waals surface area contributed by atoms with Gasteiger partial charge in [0, 0.05) is 51.2 Å². The number of piperazine rings is 1. The molecule has 1 aromatic heterocycles. The van der Waals surface area contributed by atoms with Crippen LogP contribution in [0.1, 0.15) is 62.2 Å². The Kier molecular flexibility index (Phi) is 8.95. The summed E-state index contributed by atoms with van der Waals surface area (Å²) < 4.78 is 11.3. The second-order valence-corrected chi connectivity index (χ2v) is 11.6. The molecule has 1 amide bonds. The number of benzene rings is 2. The summed E-state index contributed by atoms with van der Waals surface area (Å²) in [5.41, 5.74) is 4.37. The molecular weight excluding hydrogens is 516 g/mol. The summed E-state index contributed by atoms with van der Waals surface area (Å²) in [6, 6.07) is 14.1. The van der Waals surface area contributed by atoms with Crippen LogP contribution in [0.3, 0.4) is 0 Å². The number of nitrogens with one attached hydrogen (secondary N) is 1. The van der Waals surface area contributed by atoms with Gasteiger partial charge in [-0.3, -0.25) is 4.79 Å². The number of amides is 1. The number of nitrogens with zero attached hydrogens (tertiary/aromatic N) is 5. The molecule has 3 aromatic rings. The van der Waals surface area contributed by atoms with Gasteiger partial charge in [-0.25, -0.2) is 4.98 Å². The van der Waals surface area contributed by atoms with Crippen LogP contribution in [0, 0.1) is 6.92 Å². The van der Waals surface area contributed by atoms with Crippen molar-refractivity contribution < 1.29 is 14.3 Å². The molecule has 9 heteroatoms. The van der Waals surface area contributed by atoms with Crippen LogP contribution in [0.4, 0.5) is 23.1 Å². The van der Waals surface area contributed by atoms with Gasteiger partial charge in [0.1, 0.15) is 23.0 Å². The van der Waals surface area contributed by atoms with E-state index in [1.54, 1.807) is 32.2 Å². The lowest BCUT2D eigenvalue weighted by atomic mass is 9.98. The number of aromatic nitrogens is 2. The fraction of sp³-hybridized carbons (Fsp3) is 0.469. The fourth-order valence-corrected chi connectivity index (χ4v) is 5.25. The molecule has 220 valence electrons. The summed E-state index contributed by atoms with van der Waals surface area (Å²) in [6.45, 7) is 15.6. The first-order chi connectivity index (χ1) is 19.4. The zero-order valence-corrected chi connectivity index (χ0v) is 25.9. The fourth-order valence-electron chi connectivity index (χ4n) is 5.25. The molecule has 1 N–H and O–H groups in total. The quantitative estimate of drug-likeness (QED) is 0.348. The van der Waals surface area contributed by atoms with Crippen molar-refractivity contribution in [3.8, 4) is 11.5 Å². The van der Waals surface area contributed by atoms with Gasteiger partial charge in [0.2, 0.25) is 5.95 Å². The Bertz CT molecular complexity index is 1370. The molecule has 41 heavy (non-hydrogen) atoms. The topological polar surface area (TPSA) is 83.1 Å². The third-order valence-corrected chi connectivity index (χ3v) is 7.45. The average Bonchev–Trinajstić information content (AvgIpc) is 2.93. The summed E-state index contributed by atoms with van der Waals surface area (Å²) in [7, 11) is 5.15. The third kappa shape index (κ3) is 6.66. The Morgan fingerprint density at radius 2 is 1.80 bits per heavy atom. The number of anilines is 4. The zero-order valence-electron chi connectivity index (χ0n) is 25.9. The van der Waals surface area contributed by atoms with Crippen LogP contribution in [0.25, 0.3) is 0 Å². The van der Waals surface area contributed by atoms with Crippen molar-refractivity contribution in [1.29, 1.82) is 0 Å². The molecule has 0 bridgehead atoms. The van der Waals surface area contributed by atoms with E-state index in [4.69, 9.17) is 19.4 Å². The largest absolute Gasteiger partial charge is 0.497 e. The highest BCUT2D eigenvalue weighted by Crippen LogP contribution is 2.35. The lowest BCUT2D eigenvalue weighted by Gasteiger charge is -2.48. The van der Waals surface area contributed by atoms with Gasteiger partial charge >= 0.3 is 0 Å². The number of rotatable bonds is 9. The van der Waals surface area contributed by atoms with Crippen molar-refractivity contribution >= 4 is 29.0 Å². The van der Waals surface area contributed by atoms with E-state index in [0.717, 1.165) is 40.5 Å². The number of hydrogen-bond acceptors (Lipinski definition) is 8. The number of hydrogen-bond donors (Lipinski definition) is 1. The highest BCUT2D eigenvalue weighted by molar-refractivity contribution is 5.93. The van der Waals surface area contributed by atoms with Crippen molar-refractivity contribution in [3.05, 3.63) is 59.3 Å². The van der Waals surface area contributed by atoms with Crippen LogP contribution >= 0.6 is 0 Å². The Labute approximate surface area is 244 Å². The summed E-state index contributed by atoms with van der Waals surface area (Å²) in [6.07, 6.45) is 0. The lowest BCUT2D eigenvalue weighted by Crippen LogP contribution is -2.60. The molecule has 9 nitrogen and oxygen atoms in total. The number of carbonyl (C=O) groups excluding carboxylic acids is 1. The maximum atomic E-state index is 13.1. The minimum Gasteiger partial charge on any atom is -0.497 e. The zero-order chi connectivity index (χ0) is 29.9. The van der Waals surface area contributed by atoms with E-state index in [2.05, 4.69) is 67.1 Å². The molecule has 4 rings (SSSR count). The van der Waals surface area contributed by atoms with Crippen LogP contribution in [0.5, 0.6) is 11.5 Å². The van der Waals surface area contributed by atoms with Gasteiger partial charge in [-0.2, -0.15) is 4.98 Å². The van der Waals surface area contributed by atoms with Gasteiger partial charge in [-0.05, 0) is 81.1 Å². The van der Waals surface area contributed by atoms with Crippen molar-refractivity contribution in [1.82, 2.24) is 14.9 Å². The third-order valence-electron chi connectivity index (χ3n) is 7.45. The van der Waals surface area contributed by atoms with E-state index in [0.29, 0.717) is 37.2 Å². The SMILES string of the molecule is CCOc1cc(C)c(Nc2cc(C(=O)N(C)C)nc(N3CCN(c4ccc(OC)cc4)C(C)(C)C3)n2)cc1C(C)C. The monoisotopic (exact) mass is 560 g/mol. The van der Waals surface area contributed by atoms with Crippen molar-refractivity contribution in [2.24, 2.45) is 0 Å². The highest BCUT2D eigenvalue weighted by Gasteiger charge is 2.35. The first-order valence-corrected chi connectivity index (χ1v) is 14.2. The normalized spacial score (nSPS) is 14.7. The van der Waals surface area contributed by atoms with Gasteiger partial charge in [0.25, 0.3) is 5.91 Å². The second-order valence-electron chi connectivity index (χ2n) is 11.6.